The van der Waals surface area contributed by atoms with Gasteiger partial charge in [-0.15, -0.1) is 0 Å². The maximum Gasteiger partial charge on any atom is 0.0574 e. The Morgan fingerprint density at radius 3 is 2.40 bits per heavy atom. The lowest BCUT2D eigenvalue weighted by molar-refractivity contribution is 0.0560. The predicted molar refractivity (Wildman–Crippen MR) is 37.4 cm³/mol. The molecular weight excluding hydrogens is 128 g/mol. The molecule has 0 aromatic rings. The van der Waals surface area contributed by atoms with Crippen LogP contribution in [0.2, 0.25) is 0 Å². The zero-order valence-corrected chi connectivity index (χ0v) is 6.03. The summed E-state index contributed by atoms with van der Waals surface area (Å²) in [5.41, 5.74) is 0. The summed E-state index contributed by atoms with van der Waals surface area (Å²) < 4.78 is 0. The standard InChI is InChI=1S/C8H14O2/c9-4-6-1-5-2-7(6)8(10)3-5/h5-10H,1-4H2/t5-,6+,7+,8-/m1/s1. The lowest BCUT2D eigenvalue weighted by Gasteiger charge is -2.23. The Morgan fingerprint density at radius 2 is 2.00 bits per heavy atom. The smallest absolute Gasteiger partial charge is 0.0574 e. The predicted octanol–water partition coefficient (Wildman–Crippen LogP) is 0.386. The molecule has 2 aliphatic carbocycles. The van der Waals surface area contributed by atoms with E-state index in [0.29, 0.717) is 11.8 Å². The number of fused-ring (bicyclic) bond motifs is 2. The van der Waals surface area contributed by atoms with Crippen molar-refractivity contribution in [3.8, 4) is 0 Å². The van der Waals surface area contributed by atoms with Crippen LogP contribution in [0.25, 0.3) is 0 Å². The molecule has 0 heterocycles. The third-order valence-electron chi connectivity index (χ3n) is 3.15. The number of rotatable bonds is 1. The lowest BCUT2D eigenvalue weighted by Crippen LogP contribution is -2.26. The highest BCUT2D eigenvalue weighted by atomic mass is 16.3. The molecule has 2 N–H and O–H groups in total. The minimum atomic E-state index is -0.101. The van der Waals surface area contributed by atoms with E-state index in [2.05, 4.69) is 0 Å². The van der Waals surface area contributed by atoms with Gasteiger partial charge in [0.25, 0.3) is 0 Å². The van der Waals surface area contributed by atoms with Gasteiger partial charge < -0.3 is 10.2 Å². The third-order valence-corrected chi connectivity index (χ3v) is 3.15. The number of aliphatic hydroxyl groups excluding tert-OH is 2. The van der Waals surface area contributed by atoms with Crippen LogP contribution in [0.1, 0.15) is 19.3 Å². The molecule has 58 valence electrons. The van der Waals surface area contributed by atoms with Gasteiger partial charge in [0.15, 0.2) is 0 Å². The third kappa shape index (κ3) is 0.789. The van der Waals surface area contributed by atoms with E-state index in [-0.39, 0.29) is 12.7 Å². The molecule has 2 nitrogen and oxygen atoms in total. The van der Waals surface area contributed by atoms with Crippen molar-refractivity contribution in [3.63, 3.8) is 0 Å². The Balaban J connectivity index is 2.06. The molecular formula is C8H14O2. The van der Waals surface area contributed by atoms with E-state index in [1.807, 2.05) is 0 Å². The molecule has 0 radical (unpaired) electrons. The number of hydrogen-bond acceptors (Lipinski definition) is 2. The fourth-order valence-corrected chi connectivity index (χ4v) is 2.67. The van der Waals surface area contributed by atoms with Crippen LogP contribution >= 0.6 is 0 Å². The van der Waals surface area contributed by atoms with Crippen molar-refractivity contribution in [2.45, 2.75) is 25.4 Å². The van der Waals surface area contributed by atoms with Gasteiger partial charge >= 0.3 is 0 Å². The topological polar surface area (TPSA) is 40.5 Å². The SMILES string of the molecule is OC[C@@H]1C[C@@H]2C[C@@H]1[C@H](O)C2. The summed E-state index contributed by atoms with van der Waals surface area (Å²) in [6.45, 7) is 0.276. The Morgan fingerprint density at radius 1 is 1.20 bits per heavy atom. The average Bonchev–Trinajstić information content (AvgIpc) is 2.44. The fraction of sp³-hybridized carbons (Fsp3) is 1.00. The van der Waals surface area contributed by atoms with Crippen molar-refractivity contribution in [2.24, 2.45) is 17.8 Å². The van der Waals surface area contributed by atoms with Gasteiger partial charge in [0.2, 0.25) is 0 Å². The van der Waals surface area contributed by atoms with E-state index < -0.39 is 0 Å². The van der Waals surface area contributed by atoms with E-state index in [0.717, 1.165) is 25.2 Å². The van der Waals surface area contributed by atoms with Gasteiger partial charge in [-0.1, -0.05) is 0 Å². The van der Waals surface area contributed by atoms with Crippen LogP contribution < -0.4 is 0 Å². The van der Waals surface area contributed by atoms with Gasteiger partial charge in [-0.2, -0.15) is 0 Å². The number of hydrogen-bond donors (Lipinski definition) is 2. The van der Waals surface area contributed by atoms with Crippen LogP contribution in [0.15, 0.2) is 0 Å². The molecule has 0 amide bonds. The zero-order chi connectivity index (χ0) is 7.14. The van der Waals surface area contributed by atoms with Crippen LogP contribution in [-0.4, -0.2) is 22.9 Å². The minimum absolute atomic E-state index is 0.101. The molecule has 2 heteroatoms. The highest BCUT2D eigenvalue weighted by Crippen LogP contribution is 2.47. The summed E-state index contributed by atoms with van der Waals surface area (Å²) in [6.07, 6.45) is 3.20. The summed E-state index contributed by atoms with van der Waals surface area (Å²) in [7, 11) is 0. The Hall–Kier alpha value is -0.0800. The van der Waals surface area contributed by atoms with Crippen molar-refractivity contribution < 1.29 is 10.2 Å². The fourth-order valence-electron chi connectivity index (χ4n) is 2.67. The van der Waals surface area contributed by atoms with Crippen LogP contribution in [-0.2, 0) is 0 Å². The van der Waals surface area contributed by atoms with Gasteiger partial charge in [-0.05, 0) is 37.0 Å². The monoisotopic (exact) mass is 142 g/mol. The Labute approximate surface area is 60.9 Å². The normalized spacial score (nSPS) is 52.2. The zero-order valence-electron chi connectivity index (χ0n) is 6.03. The quantitative estimate of drug-likeness (QED) is 0.556. The Bertz CT molecular complexity index is 133. The van der Waals surface area contributed by atoms with Gasteiger partial charge in [0.1, 0.15) is 0 Å². The first-order chi connectivity index (χ1) is 4.81. The second kappa shape index (κ2) is 2.21. The highest BCUT2D eigenvalue weighted by Gasteiger charge is 2.44. The molecule has 0 unspecified atom stereocenters. The molecule has 2 bridgehead atoms. The molecule has 2 fully saturated rings. The van der Waals surface area contributed by atoms with E-state index in [4.69, 9.17) is 5.11 Å². The molecule has 4 atom stereocenters. The Kier molecular flexibility index (Phi) is 1.46. The first kappa shape index (κ1) is 6.62. The van der Waals surface area contributed by atoms with Gasteiger partial charge in [-0.3, -0.25) is 0 Å². The molecule has 2 aliphatic rings. The first-order valence-corrected chi connectivity index (χ1v) is 4.10. The van der Waals surface area contributed by atoms with Crippen molar-refractivity contribution in [1.29, 1.82) is 0 Å². The second-order valence-electron chi connectivity index (χ2n) is 3.75. The lowest BCUT2D eigenvalue weighted by atomic mass is 9.87. The van der Waals surface area contributed by atoms with Gasteiger partial charge in [0, 0.05) is 6.61 Å². The molecule has 0 aliphatic heterocycles. The summed E-state index contributed by atoms with van der Waals surface area (Å²) in [5, 5.41) is 18.3. The molecule has 0 spiro atoms. The molecule has 0 aromatic carbocycles. The molecule has 0 aromatic heterocycles. The van der Waals surface area contributed by atoms with E-state index in [1.165, 1.54) is 0 Å². The van der Waals surface area contributed by atoms with E-state index in [9.17, 15) is 5.11 Å². The van der Waals surface area contributed by atoms with Crippen molar-refractivity contribution >= 4 is 0 Å². The van der Waals surface area contributed by atoms with Crippen LogP contribution in [0.3, 0.4) is 0 Å². The van der Waals surface area contributed by atoms with Crippen LogP contribution in [0.5, 0.6) is 0 Å². The summed E-state index contributed by atoms with van der Waals surface area (Å²) >= 11 is 0. The maximum absolute atomic E-state index is 9.41. The largest absolute Gasteiger partial charge is 0.396 e. The summed E-state index contributed by atoms with van der Waals surface area (Å²) in [6, 6.07) is 0. The van der Waals surface area contributed by atoms with E-state index in [1.54, 1.807) is 0 Å². The highest BCUT2D eigenvalue weighted by molar-refractivity contribution is 4.94. The molecule has 2 saturated carbocycles. The molecule has 10 heavy (non-hydrogen) atoms. The minimum Gasteiger partial charge on any atom is -0.396 e. The molecule has 2 rings (SSSR count). The molecule has 0 saturated heterocycles. The van der Waals surface area contributed by atoms with Crippen LogP contribution in [0, 0.1) is 17.8 Å². The van der Waals surface area contributed by atoms with Gasteiger partial charge in [-0.25, -0.2) is 0 Å². The summed E-state index contributed by atoms with van der Waals surface area (Å²) in [4.78, 5) is 0. The van der Waals surface area contributed by atoms with E-state index >= 15 is 0 Å². The summed E-state index contributed by atoms with van der Waals surface area (Å²) in [5.74, 6) is 1.56. The average molecular weight is 142 g/mol. The maximum atomic E-state index is 9.41. The van der Waals surface area contributed by atoms with Crippen LogP contribution in [0.4, 0.5) is 0 Å². The van der Waals surface area contributed by atoms with Crippen molar-refractivity contribution in [1.82, 2.24) is 0 Å². The van der Waals surface area contributed by atoms with Gasteiger partial charge in [0.05, 0.1) is 6.10 Å². The van der Waals surface area contributed by atoms with Crippen molar-refractivity contribution in [3.05, 3.63) is 0 Å². The number of aliphatic hydroxyl groups is 2. The second-order valence-corrected chi connectivity index (χ2v) is 3.75. The first-order valence-electron chi connectivity index (χ1n) is 4.10. The van der Waals surface area contributed by atoms with Crippen molar-refractivity contribution in [2.75, 3.05) is 6.61 Å².